The van der Waals surface area contributed by atoms with Crippen molar-refractivity contribution in [3.05, 3.63) is 58.3 Å². The second-order valence-corrected chi connectivity index (χ2v) is 6.14. The Morgan fingerprint density at radius 2 is 2.10 bits per heavy atom. The van der Waals surface area contributed by atoms with Crippen LogP contribution in [-0.2, 0) is 22.6 Å². The van der Waals surface area contributed by atoms with Crippen LogP contribution >= 0.6 is 11.3 Å². The summed E-state index contributed by atoms with van der Waals surface area (Å²) in [5, 5.41) is 4.05. The van der Waals surface area contributed by atoms with Gasteiger partial charge in [0.25, 0.3) is 0 Å². The molecular formula is C17H19NO2S. The highest BCUT2D eigenvalue weighted by Crippen LogP contribution is 2.17. The average Bonchev–Trinajstić information content (AvgIpc) is 3.17. The fourth-order valence-electron chi connectivity index (χ4n) is 2.56. The molecule has 1 fully saturated rings. The van der Waals surface area contributed by atoms with Gasteiger partial charge in [-0.25, -0.2) is 0 Å². The molecule has 1 aliphatic rings. The van der Waals surface area contributed by atoms with Crippen molar-refractivity contribution in [1.29, 1.82) is 0 Å². The topological polar surface area (TPSA) is 29.5 Å². The van der Waals surface area contributed by atoms with E-state index in [1.807, 2.05) is 39.9 Å². The summed E-state index contributed by atoms with van der Waals surface area (Å²) >= 11 is 1.63. The largest absolute Gasteiger partial charge is 0.372 e. The summed E-state index contributed by atoms with van der Waals surface area (Å²) < 4.78 is 5.91. The molecule has 1 aliphatic heterocycles. The number of thiophene rings is 1. The van der Waals surface area contributed by atoms with E-state index in [-0.39, 0.29) is 12.0 Å². The molecule has 1 aromatic heterocycles. The molecule has 0 aliphatic carbocycles. The maximum Gasteiger partial charge on any atom is 0.227 e. The third-order valence-electron chi connectivity index (χ3n) is 3.76. The Bertz CT molecular complexity index is 568. The van der Waals surface area contributed by atoms with Crippen molar-refractivity contribution < 1.29 is 9.53 Å². The van der Waals surface area contributed by atoms with E-state index in [0.29, 0.717) is 13.0 Å². The normalized spacial score (nSPS) is 18.1. The lowest BCUT2D eigenvalue weighted by atomic mass is 10.2. The molecule has 2 heterocycles. The Morgan fingerprint density at radius 1 is 1.24 bits per heavy atom. The van der Waals surface area contributed by atoms with Gasteiger partial charge in [-0.2, -0.15) is 11.3 Å². The molecule has 1 aromatic carbocycles. The van der Waals surface area contributed by atoms with Gasteiger partial charge in [0.2, 0.25) is 5.91 Å². The van der Waals surface area contributed by atoms with Crippen LogP contribution in [-0.4, -0.2) is 30.0 Å². The van der Waals surface area contributed by atoms with Crippen molar-refractivity contribution in [3.8, 4) is 0 Å². The van der Waals surface area contributed by atoms with Gasteiger partial charge >= 0.3 is 0 Å². The van der Waals surface area contributed by atoms with Crippen LogP contribution in [0.3, 0.4) is 0 Å². The number of benzene rings is 1. The SMILES string of the molecule is O=C(Cc1ccsc1)N1CCC(OCc2ccccc2)C1. The zero-order valence-corrected chi connectivity index (χ0v) is 12.7. The minimum atomic E-state index is 0.164. The monoisotopic (exact) mass is 301 g/mol. The number of likely N-dealkylation sites (tertiary alicyclic amines) is 1. The molecular weight excluding hydrogens is 282 g/mol. The first-order valence-corrected chi connectivity index (χ1v) is 8.20. The predicted octanol–water partition coefficient (Wildman–Crippen LogP) is 3.11. The van der Waals surface area contributed by atoms with Crippen LogP contribution in [0.2, 0.25) is 0 Å². The number of hydrogen-bond donors (Lipinski definition) is 0. The van der Waals surface area contributed by atoms with Gasteiger partial charge in [0, 0.05) is 13.1 Å². The lowest BCUT2D eigenvalue weighted by molar-refractivity contribution is -0.130. The lowest BCUT2D eigenvalue weighted by Crippen LogP contribution is -2.31. The van der Waals surface area contributed by atoms with E-state index in [1.165, 1.54) is 5.56 Å². The molecule has 1 unspecified atom stereocenters. The highest BCUT2D eigenvalue weighted by Gasteiger charge is 2.26. The van der Waals surface area contributed by atoms with Crippen molar-refractivity contribution in [2.45, 2.75) is 25.6 Å². The standard InChI is InChI=1S/C17H19NO2S/c19-17(10-15-7-9-21-13-15)18-8-6-16(11-18)20-12-14-4-2-1-3-5-14/h1-5,7,9,13,16H,6,8,10-12H2. The van der Waals surface area contributed by atoms with Crippen LogP contribution in [0.25, 0.3) is 0 Å². The minimum Gasteiger partial charge on any atom is -0.372 e. The molecule has 4 heteroatoms. The third kappa shape index (κ3) is 3.93. The Labute approximate surface area is 129 Å². The average molecular weight is 301 g/mol. The molecule has 0 radical (unpaired) electrons. The summed E-state index contributed by atoms with van der Waals surface area (Å²) in [5.74, 6) is 0.208. The summed E-state index contributed by atoms with van der Waals surface area (Å²) in [5.41, 5.74) is 2.29. The Hall–Kier alpha value is -1.65. The highest BCUT2D eigenvalue weighted by molar-refractivity contribution is 7.07. The first-order valence-electron chi connectivity index (χ1n) is 7.25. The van der Waals surface area contributed by atoms with Crippen LogP contribution in [0.4, 0.5) is 0 Å². The molecule has 0 bridgehead atoms. The van der Waals surface area contributed by atoms with E-state index in [2.05, 4.69) is 12.1 Å². The molecule has 110 valence electrons. The van der Waals surface area contributed by atoms with Crippen LogP contribution < -0.4 is 0 Å². The maximum atomic E-state index is 12.2. The fourth-order valence-corrected chi connectivity index (χ4v) is 3.23. The first kappa shape index (κ1) is 14.3. The number of amides is 1. The molecule has 0 saturated carbocycles. The van der Waals surface area contributed by atoms with Gasteiger partial charge in [0.05, 0.1) is 19.1 Å². The summed E-state index contributed by atoms with van der Waals surface area (Å²) in [4.78, 5) is 14.1. The quantitative estimate of drug-likeness (QED) is 0.849. The molecule has 1 atom stereocenters. The second-order valence-electron chi connectivity index (χ2n) is 5.36. The lowest BCUT2D eigenvalue weighted by Gasteiger charge is -2.16. The van der Waals surface area contributed by atoms with Crippen LogP contribution in [0, 0.1) is 0 Å². The van der Waals surface area contributed by atoms with Crippen molar-refractivity contribution in [3.63, 3.8) is 0 Å². The van der Waals surface area contributed by atoms with Gasteiger partial charge in [0.15, 0.2) is 0 Å². The molecule has 3 rings (SSSR count). The summed E-state index contributed by atoms with van der Waals surface area (Å²) in [6.45, 7) is 2.15. The Morgan fingerprint density at radius 3 is 2.86 bits per heavy atom. The van der Waals surface area contributed by atoms with E-state index in [9.17, 15) is 4.79 Å². The van der Waals surface area contributed by atoms with Crippen LogP contribution in [0.5, 0.6) is 0 Å². The van der Waals surface area contributed by atoms with E-state index in [0.717, 1.165) is 25.1 Å². The van der Waals surface area contributed by atoms with E-state index in [1.54, 1.807) is 11.3 Å². The Kier molecular flexibility index (Phi) is 4.68. The number of rotatable bonds is 5. The number of ether oxygens (including phenoxy) is 1. The molecule has 2 aromatic rings. The molecule has 0 spiro atoms. The smallest absolute Gasteiger partial charge is 0.227 e. The van der Waals surface area contributed by atoms with E-state index in [4.69, 9.17) is 4.74 Å². The molecule has 0 N–H and O–H groups in total. The summed E-state index contributed by atoms with van der Waals surface area (Å²) in [6, 6.07) is 12.2. The fraction of sp³-hybridized carbons (Fsp3) is 0.353. The molecule has 1 amide bonds. The van der Waals surface area contributed by atoms with Crippen molar-refractivity contribution in [2.24, 2.45) is 0 Å². The first-order chi connectivity index (χ1) is 10.3. The number of nitrogens with zero attached hydrogens (tertiary/aromatic N) is 1. The van der Waals surface area contributed by atoms with Crippen LogP contribution in [0.1, 0.15) is 17.5 Å². The van der Waals surface area contributed by atoms with Gasteiger partial charge in [-0.05, 0) is 34.4 Å². The van der Waals surface area contributed by atoms with Gasteiger partial charge in [-0.3, -0.25) is 4.79 Å². The van der Waals surface area contributed by atoms with E-state index < -0.39 is 0 Å². The highest BCUT2D eigenvalue weighted by atomic mass is 32.1. The van der Waals surface area contributed by atoms with Crippen molar-refractivity contribution in [2.75, 3.05) is 13.1 Å². The van der Waals surface area contributed by atoms with Gasteiger partial charge in [-0.1, -0.05) is 30.3 Å². The zero-order chi connectivity index (χ0) is 14.5. The molecule has 1 saturated heterocycles. The van der Waals surface area contributed by atoms with Crippen molar-refractivity contribution >= 4 is 17.2 Å². The maximum absolute atomic E-state index is 12.2. The van der Waals surface area contributed by atoms with Crippen molar-refractivity contribution in [1.82, 2.24) is 4.90 Å². The molecule has 21 heavy (non-hydrogen) atoms. The van der Waals surface area contributed by atoms with Gasteiger partial charge in [-0.15, -0.1) is 0 Å². The van der Waals surface area contributed by atoms with Gasteiger partial charge < -0.3 is 9.64 Å². The Balaban J connectivity index is 1.45. The number of carbonyl (C=O) groups is 1. The van der Waals surface area contributed by atoms with Crippen LogP contribution in [0.15, 0.2) is 47.2 Å². The van der Waals surface area contributed by atoms with E-state index >= 15 is 0 Å². The van der Waals surface area contributed by atoms with Gasteiger partial charge in [0.1, 0.15) is 0 Å². The third-order valence-corrected chi connectivity index (χ3v) is 4.49. The minimum absolute atomic E-state index is 0.164. The second kappa shape index (κ2) is 6.87. The number of carbonyl (C=O) groups excluding carboxylic acids is 1. The predicted molar refractivity (Wildman–Crippen MR) is 84.2 cm³/mol. The molecule has 3 nitrogen and oxygen atoms in total. The summed E-state index contributed by atoms with van der Waals surface area (Å²) in [7, 11) is 0. The summed E-state index contributed by atoms with van der Waals surface area (Å²) in [6.07, 6.45) is 1.61. The zero-order valence-electron chi connectivity index (χ0n) is 11.9. The number of hydrogen-bond acceptors (Lipinski definition) is 3.